The van der Waals surface area contributed by atoms with Crippen LogP contribution in [0, 0.1) is 11.8 Å². The first-order valence-electron chi connectivity index (χ1n) is 11.3. The van der Waals surface area contributed by atoms with Gasteiger partial charge in [0.05, 0.1) is 6.61 Å². The Kier molecular flexibility index (Phi) is 6.18. The first-order chi connectivity index (χ1) is 15.5. The third kappa shape index (κ3) is 4.16. The standard InChI is InChI=1S/C25H29ClO6/c26-19-9-6-14(24-23(30)22(29)21(28)20(12-27)32-24)11-15(19)10-13-4-7-16(8-5-13)31-25-17-2-1-3-18(17)25/h4-9,11,17-18,20-25,27-30H,1-3,10,12H2/t17?,18?,20-,21-,22+,23-,24?,25?/m1/s1. The highest BCUT2D eigenvalue weighted by atomic mass is 35.5. The average Bonchev–Trinajstić information content (AvgIpc) is 3.20. The van der Waals surface area contributed by atoms with Crippen molar-refractivity contribution in [3.8, 4) is 5.75 Å². The Bertz CT molecular complexity index is 938. The molecule has 2 aromatic carbocycles. The number of fused-ring (bicyclic) bond motifs is 1. The van der Waals surface area contributed by atoms with Crippen LogP contribution in [0.25, 0.3) is 0 Å². The molecule has 0 radical (unpaired) electrons. The van der Waals surface area contributed by atoms with E-state index in [0.29, 0.717) is 23.1 Å². The lowest BCUT2D eigenvalue weighted by molar-refractivity contribution is -0.231. The number of ether oxygens (including phenoxy) is 2. The van der Waals surface area contributed by atoms with Crippen LogP contribution in [-0.2, 0) is 11.2 Å². The maximum absolute atomic E-state index is 10.4. The van der Waals surface area contributed by atoms with Gasteiger partial charge in [-0.15, -0.1) is 0 Å². The molecule has 1 aliphatic heterocycles. The second-order valence-corrected chi connectivity index (χ2v) is 9.67. The molecule has 0 aromatic heterocycles. The third-order valence-corrected chi connectivity index (χ3v) is 7.58. The van der Waals surface area contributed by atoms with E-state index >= 15 is 0 Å². The summed E-state index contributed by atoms with van der Waals surface area (Å²) in [6.07, 6.45) is -1.06. The van der Waals surface area contributed by atoms with Crippen LogP contribution in [0.2, 0.25) is 5.02 Å². The molecular formula is C25H29ClO6. The van der Waals surface area contributed by atoms with Gasteiger partial charge >= 0.3 is 0 Å². The van der Waals surface area contributed by atoms with E-state index in [4.69, 9.17) is 21.1 Å². The molecule has 2 aliphatic carbocycles. The number of aliphatic hydroxyl groups excluding tert-OH is 4. The topological polar surface area (TPSA) is 99.4 Å². The van der Waals surface area contributed by atoms with Crippen LogP contribution in [0.4, 0.5) is 0 Å². The molecule has 6 nitrogen and oxygen atoms in total. The van der Waals surface area contributed by atoms with Crippen molar-refractivity contribution in [2.75, 3.05) is 6.61 Å². The van der Waals surface area contributed by atoms with Crippen molar-refractivity contribution in [2.45, 2.75) is 62.3 Å². The number of benzene rings is 2. The van der Waals surface area contributed by atoms with Crippen LogP contribution in [0.15, 0.2) is 42.5 Å². The molecule has 3 aliphatic rings. The van der Waals surface area contributed by atoms with Gasteiger partial charge in [0.2, 0.25) is 0 Å². The molecule has 2 aromatic rings. The molecule has 3 fully saturated rings. The highest BCUT2D eigenvalue weighted by Crippen LogP contribution is 2.53. The summed E-state index contributed by atoms with van der Waals surface area (Å²) in [7, 11) is 0. The summed E-state index contributed by atoms with van der Waals surface area (Å²) in [6, 6.07) is 13.4. The van der Waals surface area contributed by atoms with Gasteiger partial charge in [0, 0.05) is 16.9 Å². The molecule has 4 N–H and O–H groups in total. The quantitative estimate of drug-likeness (QED) is 0.529. The lowest BCUT2D eigenvalue weighted by atomic mass is 9.90. The first-order valence-corrected chi connectivity index (χ1v) is 11.7. The van der Waals surface area contributed by atoms with E-state index in [1.54, 1.807) is 12.1 Å². The zero-order valence-electron chi connectivity index (χ0n) is 17.7. The summed E-state index contributed by atoms with van der Waals surface area (Å²) in [5.41, 5.74) is 2.55. The SMILES string of the molecule is OC[C@H]1OC(c2ccc(Cl)c(Cc3ccc(OC4C5CCCC54)cc3)c2)[C@H](O)[C@@H](O)[C@@H]1O. The van der Waals surface area contributed by atoms with Gasteiger partial charge < -0.3 is 29.9 Å². The molecule has 5 rings (SSSR count). The fraction of sp³-hybridized carbons (Fsp3) is 0.520. The molecule has 1 heterocycles. The minimum Gasteiger partial charge on any atom is -0.490 e. The van der Waals surface area contributed by atoms with Crippen LogP contribution < -0.4 is 4.74 Å². The van der Waals surface area contributed by atoms with E-state index in [-0.39, 0.29) is 0 Å². The lowest BCUT2D eigenvalue weighted by Gasteiger charge is -2.40. The molecule has 32 heavy (non-hydrogen) atoms. The Morgan fingerprint density at radius 2 is 1.66 bits per heavy atom. The van der Waals surface area contributed by atoms with E-state index in [1.165, 1.54) is 19.3 Å². The Morgan fingerprint density at radius 3 is 2.34 bits per heavy atom. The monoisotopic (exact) mass is 460 g/mol. The van der Waals surface area contributed by atoms with Gasteiger partial charge in [-0.2, -0.15) is 0 Å². The number of aliphatic hydroxyl groups is 4. The van der Waals surface area contributed by atoms with Gasteiger partial charge in [0.25, 0.3) is 0 Å². The van der Waals surface area contributed by atoms with E-state index in [9.17, 15) is 20.4 Å². The highest BCUT2D eigenvalue weighted by Gasteiger charge is 2.54. The normalized spacial score (nSPS) is 36.0. The van der Waals surface area contributed by atoms with Crippen LogP contribution in [0.5, 0.6) is 5.75 Å². The molecule has 0 amide bonds. The van der Waals surface area contributed by atoms with E-state index in [2.05, 4.69) is 0 Å². The minimum atomic E-state index is -1.41. The zero-order chi connectivity index (χ0) is 22.4. The highest BCUT2D eigenvalue weighted by molar-refractivity contribution is 6.31. The molecule has 0 bridgehead atoms. The van der Waals surface area contributed by atoms with E-state index < -0.39 is 37.1 Å². The van der Waals surface area contributed by atoms with Crippen molar-refractivity contribution in [3.05, 3.63) is 64.2 Å². The minimum absolute atomic E-state index is 0.388. The van der Waals surface area contributed by atoms with E-state index in [1.807, 2.05) is 30.3 Å². The maximum Gasteiger partial charge on any atom is 0.119 e. The second-order valence-electron chi connectivity index (χ2n) is 9.26. The summed E-state index contributed by atoms with van der Waals surface area (Å²) in [5.74, 6) is 2.39. The average molecular weight is 461 g/mol. The summed E-state index contributed by atoms with van der Waals surface area (Å²) in [5, 5.41) is 40.6. The molecule has 0 spiro atoms. The molecule has 3 unspecified atom stereocenters. The number of hydrogen-bond donors (Lipinski definition) is 4. The largest absolute Gasteiger partial charge is 0.490 e. The van der Waals surface area contributed by atoms with Crippen LogP contribution in [-0.4, -0.2) is 57.6 Å². The Balaban J connectivity index is 1.29. The predicted octanol–water partition coefficient (Wildman–Crippen LogP) is 2.62. The van der Waals surface area contributed by atoms with Crippen molar-refractivity contribution >= 4 is 11.6 Å². The van der Waals surface area contributed by atoms with Crippen LogP contribution in [0.1, 0.15) is 42.1 Å². The molecule has 7 atom stereocenters. The fourth-order valence-electron chi connectivity index (χ4n) is 5.28. The Hall–Kier alpha value is -1.67. The summed E-state index contributed by atoms with van der Waals surface area (Å²) in [4.78, 5) is 0. The fourth-order valence-corrected chi connectivity index (χ4v) is 5.46. The van der Waals surface area contributed by atoms with Gasteiger partial charge in [0.1, 0.15) is 42.4 Å². The summed E-state index contributed by atoms with van der Waals surface area (Å²) < 4.78 is 11.8. The van der Waals surface area contributed by atoms with Crippen molar-refractivity contribution in [3.63, 3.8) is 0 Å². The van der Waals surface area contributed by atoms with E-state index in [0.717, 1.165) is 28.7 Å². The van der Waals surface area contributed by atoms with Crippen LogP contribution >= 0.6 is 11.6 Å². The van der Waals surface area contributed by atoms with Gasteiger partial charge in [-0.05, 0) is 54.2 Å². The molecule has 172 valence electrons. The summed E-state index contributed by atoms with van der Waals surface area (Å²) >= 11 is 6.43. The smallest absolute Gasteiger partial charge is 0.119 e. The van der Waals surface area contributed by atoms with Gasteiger partial charge in [-0.1, -0.05) is 42.3 Å². The molecule has 1 saturated heterocycles. The summed E-state index contributed by atoms with van der Waals surface area (Å²) in [6.45, 7) is -0.460. The Morgan fingerprint density at radius 1 is 0.938 bits per heavy atom. The zero-order valence-corrected chi connectivity index (χ0v) is 18.4. The lowest BCUT2D eigenvalue weighted by Crippen LogP contribution is -2.55. The van der Waals surface area contributed by atoms with Crippen molar-refractivity contribution in [1.82, 2.24) is 0 Å². The van der Waals surface area contributed by atoms with Gasteiger partial charge in [-0.25, -0.2) is 0 Å². The van der Waals surface area contributed by atoms with Crippen molar-refractivity contribution < 1.29 is 29.9 Å². The molecular weight excluding hydrogens is 432 g/mol. The van der Waals surface area contributed by atoms with Crippen LogP contribution in [0.3, 0.4) is 0 Å². The van der Waals surface area contributed by atoms with Crippen molar-refractivity contribution in [2.24, 2.45) is 11.8 Å². The number of rotatable bonds is 6. The third-order valence-electron chi connectivity index (χ3n) is 7.21. The first kappa shape index (κ1) is 22.1. The number of hydrogen-bond acceptors (Lipinski definition) is 6. The molecule has 7 heteroatoms. The Labute approximate surface area is 192 Å². The molecule has 2 saturated carbocycles. The predicted molar refractivity (Wildman–Crippen MR) is 119 cm³/mol. The number of halogens is 1. The maximum atomic E-state index is 10.4. The van der Waals surface area contributed by atoms with Gasteiger partial charge in [-0.3, -0.25) is 0 Å². The second kappa shape index (κ2) is 8.93. The van der Waals surface area contributed by atoms with Gasteiger partial charge in [0.15, 0.2) is 0 Å². The van der Waals surface area contributed by atoms with Crippen molar-refractivity contribution in [1.29, 1.82) is 0 Å².